The topological polar surface area (TPSA) is 78.2 Å². The number of nitrogens with zero attached hydrogens (tertiary/aromatic N) is 2. The number of amides is 1. The molecule has 1 heterocycles. The fourth-order valence-corrected chi connectivity index (χ4v) is 0.612. The molecule has 0 aliphatic heterocycles. The highest BCUT2D eigenvalue weighted by atomic mass is 16.2. The monoisotopic (exact) mass is 150 g/mol. The summed E-state index contributed by atoms with van der Waals surface area (Å²) in [6.07, 6.45) is 2.97. The maximum absolute atomic E-state index is 10.9. The minimum absolute atomic E-state index is 0.392. The van der Waals surface area contributed by atoms with Crippen LogP contribution in [0, 0.1) is 5.53 Å². The average molecular weight is 150 g/mol. The molecule has 0 fully saturated rings. The number of rotatable bonds is 2. The Morgan fingerprint density at radius 2 is 2.55 bits per heavy atom. The third kappa shape index (κ3) is 1.82. The summed E-state index contributed by atoms with van der Waals surface area (Å²) in [7, 11) is 0. The first kappa shape index (κ1) is 7.33. The van der Waals surface area contributed by atoms with E-state index in [2.05, 4.69) is 10.2 Å². The summed E-state index contributed by atoms with van der Waals surface area (Å²) in [5.41, 5.74) is 8.72. The van der Waals surface area contributed by atoms with Crippen molar-refractivity contribution in [1.29, 1.82) is 5.53 Å². The van der Waals surface area contributed by atoms with Crippen LogP contribution >= 0.6 is 0 Å². The molecule has 0 spiro atoms. The molecule has 0 saturated heterocycles. The van der Waals surface area contributed by atoms with Gasteiger partial charge in [-0.2, -0.15) is 5.53 Å². The highest BCUT2D eigenvalue weighted by Gasteiger charge is 2.01. The molecule has 11 heavy (non-hydrogen) atoms. The van der Waals surface area contributed by atoms with Crippen molar-refractivity contribution < 1.29 is 4.79 Å². The molecule has 5 heteroatoms. The predicted octanol–water partition coefficient (Wildman–Crippen LogP) is 0.757. The van der Waals surface area contributed by atoms with Gasteiger partial charge in [0.2, 0.25) is 0 Å². The highest BCUT2D eigenvalue weighted by Crippen LogP contribution is 1.93. The molecule has 0 aromatic carbocycles. The van der Waals surface area contributed by atoms with Gasteiger partial charge in [-0.3, -0.25) is 9.78 Å². The van der Waals surface area contributed by atoms with Crippen LogP contribution in [-0.4, -0.2) is 10.9 Å². The normalized spacial score (nSPS) is 8.73. The van der Waals surface area contributed by atoms with Gasteiger partial charge >= 0.3 is 0 Å². The van der Waals surface area contributed by atoms with Gasteiger partial charge in [0.25, 0.3) is 5.91 Å². The SMILES string of the molecule is N=NNC(=O)c1cccnc1. The highest BCUT2D eigenvalue weighted by molar-refractivity contribution is 5.93. The van der Waals surface area contributed by atoms with Crippen molar-refractivity contribution in [3.63, 3.8) is 0 Å². The largest absolute Gasteiger partial charge is 0.274 e. The smallest absolute Gasteiger partial charge is 0.267 e. The Morgan fingerprint density at radius 1 is 1.73 bits per heavy atom. The van der Waals surface area contributed by atoms with Crippen LogP contribution in [0.3, 0.4) is 0 Å². The Morgan fingerprint density at radius 3 is 3.09 bits per heavy atom. The molecule has 0 radical (unpaired) electrons. The number of hydrogen-bond donors (Lipinski definition) is 2. The maximum atomic E-state index is 10.9. The van der Waals surface area contributed by atoms with E-state index in [0.717, 1.165) is 0 Å². The van der Waals surface area contributed by atoms with Gasteiger partial charge in [0.1, 0.15) is 0 Å². The second kappa shape index (κ2) is 3.40. The molecule has 1 aromatic heterocycles. The van der Waals surface area contributed by atoms with E-state index in [-0.39, 0.29) is 0 Å². The van der Waals surface area contributed by atoms with E-state index in [4.69, 9.17) is 5.53 Å². The summed E-state index contributed by atoms with van der Waals surface area (Å²) < 4.78 is 0. The Balaban J connectivity index is 2.77. The fraction of sp³-hybridized carbons (Fsp3) is 0. The number of nitrogens with one attached hydrogen (secondary N) is 2. The number of aromatic nitrogens is 1. The van der Waals surface area contributed by atoms with Crippen molar-refractivity contribution in [2.24, 2.45) is 5.22 Å². The Labute approximate surface area is 62.9 Å². The van der Waals surface area contributed by atoms with E-state index in [9.17, 15) is 4.79 Å². The lowest BCUT2D eigenvalue weighted by Crippen LogP contribution is -2.16. The van der Waals surface area contributed by atoms with E-state index in [0.29, 0.717) is 5.56 Å². The summed E-state index contributed by atoms with van der Waals surface area (Å²) in [5.74, 6) is -0.423. The van der Waals surface area contributed by atoms with E-state index in [1.165, 1.54) is 6.20 Å². The third-order valence-corrected chi connectivity index (χ3v) is 1.08. The Bertz CT molecular complexity index is 259. The molecule has 1 amide bonds. The van der Waals surface area contributed by atoms with Crippen LogP contribution in [0.2, 0.25) is 0 Å². The van der Waals surface area contributed by atoms with Gasteiger partial charge in [-0.25, -0.2) is 5.43 Å². The van der Waals surface area contributed by atoms with Crippen LogP contribution in [0.4, 0.5) is 0 Å². The average Bonchev–Trinajstić information content (AvgIpc) is 2.07. The number of pyridine rings is 1. The van der Waals surface area contributed by atoms with Crippen molar-refractivity contribution >= 4 is 5.91 Å². The predicted molar refractivity (Wildman–Crippen MR) is 36.9 cm³/mol. The van der Waals surface area contributed by atoms with Crippen molar-refractivity contribution in [2.45, 2.75) is 0 Å². The summed E-state index contributed by atoms with van der Waals surface area (Å²) in [6, 6.07) is 3.23. The summed E-state index contributed by atoms with van der Waals surface area (Å²) in [6.45, 7) is 0. The lowest BCUT2D eigenvalue weighted by molar-refractivity contribution is 0.0950. The van der Waals surface area contributed by atoms with Crippen LogP contribution in [0.25, 0.3) is 0 Å². The molecule has 5 nitrogen and oxygen atoms in total. The summed E-state index contributed by atoms with van der Waals surface area (Å²) >= 11 is 0. The quantitative estimate of drug-likeness (QED) is 0.482. The van der Waals surface area contributed by atoms with Gasteiger partial charge in [0, 0.05) is 12.4 Å². The number of hydrogen-bond acceptors (Lipinski definition) is 4. The maximum Gasteiger partial charge on any atom is 0.274 e. The van der Waals surface area contributed by atoms with Crippen LogP contribution in [0.15, 0.2) is 29.7 Å². The van der Waals surface area contributed by atoms with Gasteiger partial charge in [-0.15, -0.1) is 0 Å². The molecule has 0 unspecified atom stereocenters. The zero-order chi connectivity index (χ0) is 8.10. The Kier molecular flexibility index (Phi) is 2.27. The molecule has 0 bridgehead atoms. The van der Waals surface area contributed by atoms with Gasteiger partial charge in [0.15, 0.2) is 0 Å². The minimum atomic E-state index is -0.423. The molecular weight excluding hydrogens is 144 g/mol. The van der Waals surface area contributed by atoms with Crippen molar-refractivity contribution in [3.05, 3.63) is 30.1 Å². The lowest BCUT2D eigenvalue weighted by Gasteiger charge is -1.94. The van der Waals surface area contributed by atoms with E-state index < -0.39 is 5.91 Å². The van der Waals surface area contributed by atoms with Crippen LogP contribution in [0.1, 0.15) is 10.4 Å². The molecule has 0 aliphatic rings. The Hall–Kier alpha value is -1.78. The summed E-state index contributed by atoms with van der Waals surface area (Å²) in [5, 5.41) is 2.73. The van der Waals surface area contributed by atoms with Gasteiger partial charge in [-0.05, 0) is 12.1 Å². The molecule has 0 aliphatic carbocycles. The molecule has 1 aromatic rings. The first-order chi connectivity index (χ1) is 5.34. The second-order valence-electron chi connectivity index (χ2n) is 1.79. The van der Waals surface area contributed by atoms with Gasteiger partial charge < -0.3 is 0 Å². The molecule has 56 valence electrons. The van der Waals surface area contributed by atoms with Crippen LogP contribution < -0.4 is 5.43 Å². The zero-order valence-electron chi connectivity index (χ0n) is 5.61. The van der Waals surface area contributed by atoms with Gasteiger partial charge in [0.05, 0.1) is 5.56 Å². The number of carbonyl (C=O) groups excluding carboxylic acids is 1. The standard InChI is InChI=1S/C6H6N4O/c7-10-9-6(11)5-2-1-3-8-4-5/h1-4H,(H2,7,9,11). The van der Waals surface area contributed by atoms with Crippen molar-refractivity contribution in [3.8, 4) is 0 Å². The van der Waals surface area contributed by atoms with Crippen LogP contribution in [-0.2, 0) is 0 Å². The van der Waals surface area contributed by atoms with Crippen LogP contribution in [0.5, 0.6) is 0 Å². The second-order valence-corrected chi connectivity index (χ2v) is 1.79. The zero-order valence-corrected chi connectivity index (χ0v) is 5.61. The number of carbonyl (C=O) groups is 1. The minimum Gasteiger partial charge on any atom is -0.267 e. The van der Waals surface area contributed by atoms with Crippen molar-refractivity contribution in [2.75, 3.05) is 0 Å². The molecular formula is C6H6N4O. The summed E-state index contributed by atoms with van der Waals surface area (Å²) in [4.78, 5) is 14.6. The van der Waals surface area contributed by atoms with E-state index in [1.807, 2.05) is 5.43 Å². The van der Waals surface area contributed by atoms with Gasteiger partial charge in [-0.1, -0.05) is 5.22 Å². The van der Waals surface area contributed by atoms with E-state index >= 15 is 0 Å². The first-order valence-corrected chi connectivity index (χ1v) is 2.91. The lowest BCUT2D eigenvalue weighted by atomic mass is 10.3. The first-order valence-electron chi connectivity index (χ1n) is 2.91. The molecule has 0 atom stereocenters. The van der Waals surface area contributed by atoms with Crippen molar-refractivity contribution in [1.82, 2.24) is 10.4 Å². The third-order valence-electron chi connectivity index (χ3n) is 1.08. The van der Waals surface area contributed by atoms with E-state index in [1.54, 1.807) is 18.3 Å². The molecule has 2 N–H and O–H groups in total. The molecule has 0 saturated carbocycles. The fourth-order valence-electron chi connectivity index (χ4n) is 0.612. The molecule has 1 rings (SSSR count).